The first-order valence-electron chi connectivity index (χ1n) is 8.69. The maximum absolute atomic E-state index is 3.77. The van der Waals surface area contributed by atoms with Gasteiger partial charge in [-0.2, -0.15) is 0 Å². The molecule has 1 heteroatoms. The lowest BCUT2D eigenvalue weighted by Crippen LogP contribution is -2.38. The van der Waals surface area contributed by atoms with E-state index in [9.17, 15) is 0 Å². The fraction of sp³-hybridized carbons (Fsp3) is 1.00. The molecule has 0 aromatic rings. The fourth-order valence-corrected chi connectivity index (χ4v) is 3.64. The number of hydrogen-bond donors (Lipinski definition) is 1. The standard InChI is InChI=1S/C18H37N/c1-6-8-15-9-11-16(12-10-15)17(19-7-2)13-14-18(3,4)5/h15-17,19H,6-14H2,1-5H3. The van der Waals surface area contributed by atoms with Crippen molar-refractivity contribution in [2.45, 2.75) is 92.0 Å². The maximum Gasteiger partial charge on any atom is 0.00954 e. The molecule has 1 rings (SSSR count). The summed E-state index contributed by atoms with van der Waals surface area (Å²) in [6.45, 7) is 12.8. The molecular weight excluding hydrogens is 230 g/mol. The Hall–Kier alpha value is -0.0400. The van der Waals surface area contributed by atoms with Crippen LogP contribution in [0.25, 0.3) is 0 Å². The van der Waals surface area contributed by atoms with E-state index in [1.54, 1.807) is 0 Å². The molecule has 0 amide bonds. The van der Waals surface area contributed by atoms with Crippen molar-refractivity contribution in [3.63, 3.8) is 0 Å². The van der Waals surface area contributed by atoms with Gasteiger partial charge >= 0.3 is 0 Å². The van der Waals surface area contributed by atoms with Gasteiger partial charge in [0.2, 0.25) is 0 Å². The van der Waals surface area contributed by atoms with Crippen LogP contribution in [0.5, 0.6) is 0 Å². The fourth-order valence-electron chi connectivity index (χ4n) is 3.64. The van der Waals surface area contributed by atoms with Crippen LogP contribution in [0.4, 0.5) is 0 Å². The number of nitrogens with one attached hydrogen (secondary N) is 1. The third-order valence-corrected chi connectivity index (χ3v) is 4.83. The Morgan fingerprint density at radius 3 is 2.16 bits per heavy atom. The van der Waals surface area contributed by atoms with Crippen molar-refractivity contribution in [3.8, 4) is 0 Å². The molecule has 19 heavy (non-hydrogen) atoms. The van der Waals surface area contributed by atoms with E-state index in [1.807, 2.05) is 0 Å². The van der Waals surface area contributed by atoms with Crippen molar-refractivity contribution in [3.05, 3.63) is 0 Å². The van der Waals surface area contributed by atoms with E-state index < -0.39 is 0 Å². The van der Waals surface area contributed by atoms with E-state index in [2.05, 4.69) is 39.9 Å². The van der Waals surface area contributed by atoms with Gasteiger partial charge in [0.25, 0.3) is 0 Å². The average Bonchev–Trinajstić information content (AvgIpc) is 2.35. The van der Waals surface area contributed by atoms with Gasteiger partial charge in [-0.1, -0.05) is 60.3 Å². The van der Waals surface area contributed by atoms with Gasteiger partial charge in [0, 0.05) is 6.04 Å². The second-order valence-electron chi connectivity index (χ2n) is 7.83. The molecule has 0 radical (unpaired) electrons. The lowest BCUT2D eigenvalue weighted by Gasteiger charge is -2.35. The highest BCUT2D eigenvalue weighted by molar-refractivity contribution is 4.83. The van der Waals surface area contributed by atoms with Gasteiger partial charge in [-0.3, -0.25) is 0 Å². The van der Waals surface area contributed by atoms with Crippen molar-refractivity contribution in [1.82, 2.24) is 5.32 Å². The third kappa shape index (κ3) is 6.79. The number of rotatable bonds is 7. The van der Waals surface area contributed by atoms with E-state index >= 15 is 0 Å². The molecule has 1 aliphatic rings. The van der Waals surface area contributed by atoms with E-state index in [-0.39, 0.29) is 0 Å². The average molecular weight is 268 g/mol. The second-order valence-corrected chi connectivity index (χ2v) is 7.83. The Bertz CT molecular complexity index is 220. The van der Waals surface area contributed by atoms with Crippen LogP contribution in [0.3, 0.4) is 0 Å². The van der Waals surface area contributed by atoms with Crippen molar-refractivity contribution in [2.75, 3.05) is 6.54 Å². The molecule has 1 nitrogen and oxygen atoms in total. The van der Waals surface area contributed by atoms with Gasteiger partial charge < -0.3 is 5.32 Å². The van der Waals surface area contributed by atoms with Crippen LogP contribution in [0.2, 0.25) is 0 Å². The van der Waals surface area contributed by atoms with Crippen molar-refractivity contribution >= 4 is 0 Å². The maximum atomic E-state index is 3.77. The predicted octanol–water partition coefficient (Wildman–Crippen LogP) is 5.40. The Balaban J connectivity index is 2.40. The molecule has 0 aromatic heterocycles. The quantitative estimate of drug-likeness (QED) is 0.651. The van der Waals surface area contributed by atoms with E-state index in [0.717, 1.165) is 24.4 Å². The molecule has 0 aromatic carbocycles. The van der Waals surface area contributed by atoms with E-state index in [4.69, 9.17) is 0 Å². The monoisotopic (exact) mass is 267 g/mol. The van der Waals surface area contributed by atoms with Crippen LogP contribution in [0.15, 0.2) is 0 Å². The van der Waals surface area contributed by atoms with Crippen molar-refractivity contribution < 1.29 is 0 Å². The molecule has 0 heterocycles. The highest BCUT2D eigenvalue weighted by atomic mass is 14.9. The molecule has 0 spiro atoms. The SMILES string of the molecule is CCCC1CCC(C(CCC(C)(C)C)NCC)CC1. The Labute approximate surface area is 121 Å². The minimum atomic E-state index is 0.479. The third-order valence-electron chi connectivity index (χ3n) is 4.83. The Morgan fingerprint density at radius 1 is 1.05 bits per heavy atom. The largest absolute Gasteiger partial charge is 0.314 e. The Kier molecular flexibility index (Phi) is 7.42. The van der Waals surface area contributed by atoms with Crippen LogP contribution in [0.1, 0.15) is 86.0 Å². The molecule has 1 N–H and O–H groups in total. The number of hydrogen-bond acceptors (Lipinski definition) is 1. The topological polar surface area (TPSA) is 12.0 Å². The minimum absolute atomic E-state index is 0.479. The normalized spacial score (nSPS) is 26.4. The molecule has 114 valence electrons. The lowest BCUT2D eigenvalue weighted by atomic mass is 9.75. The molecule has 0 saturated heterocycles. The van der Waals surface area contributed by atoms with Gasteiger partial charge in [0.1, 0.15) is 0 Å². The summed E-state index contributed by atoms with van der Waals surface area (Å²) in [4.78, 5) is 0. The summed E-state index contributed by atoms with van der Waals surface area (Å²) in [6, 6.07) is 0.770. The van der Waals surface area contributed by atoms with Crippen molar-refractivity contribution in [1.29, 1.82) is 0 Å². The first-order chi connectivity index (χ1) is 8.96. The molecule has 1 fully saturated rings. The van der Waals surface area contributed by atoms with Crippen molar-refractivity contribution in [2.24, 2.45) is 17.3 Å². The zero-order valence-electron chi connectivity index (χ0n) is 14.1. The van der Waals surface area contributed by atoms with Crippen LogP contribution in [-0.4, -0.2) is 12.6 Å². The van der Waals surface area contributed by atoms with Gasteiger partial charge in [-0.15, -0.1) is 0 Å². The summed E-state index contributed by atoms with van der Waals surface area (Å²) >= 11 is 0. The molecule has 1 unspecified atom stereocenters. The molecule has 0 bridgehead atoms. The smallest absolute Gasteiger partial charge is 0.00954 e. The van der Waals surface area contributed by atoms with Gasteiger partial charge in [0.15, 0.2) is 0 Å². The lowest BCUT2D eigenvalue weighted by molar-refractivity contribution is 0.195. The molecule has 1 aliphatic carbocycles. The van der Waals surface area contributed by atoms with Crippen LogP contribution in [0, 0.1) is 17.3 Å². The van der Waals surface area contributed by atoms with Gasteiger partial charge in [-0.25, -0.2) is 0 Å². The van der Waals surface area contributed by atoms with Gasteiger partial charge in [-0.05, 0) is 49.5 Å². The summed E-state index contributed by atoms with van der Waals surface area (Å²) in [5, 5.41) is 3.77. The highest BCUT2D eigenvalue weighted by Gasteiger charge is 2.27. The molecular formula is C18H37N. The first-order valence-corrected chi connectivity index (χ1v) is 8.69. The summed E-state index contributed by atoms with van der Waals surface area (Å²) in [5.74, 6) is 1.97. The molecule has 0 aliphatic heterocycles. The zero-order chi connectivity index (χ0) is 14.3. The summed E-state index contributed by atoms with van der Waals surface area (Å²) < 4.78 is 0. The van der Waals surface area contributed by atoms with E-state index in [1.165, 1.54) is 51.4 Å². The molecule has 1 atom stereocenters. The summed E-state index contributed by atoms with van der Waals surface area (Å²) in [5.41, 5.74) is 0.479. The molecule has 1 saturated carbocycles. The highest BCUT2D eigenvalue weighted by Crippen LogP contribution is 2.35. The van der Waals surface area contributed by atoms with E-state index in [0.29, 0.717) is 5.41 Å². The van der Waals surface area contributed by atoms with Crippen LogP contribution < -0.4 is 5.32 Å². The summed E-state index contributed by atoms with van der Waals surface area (Å²) in [7, 11) is 0. The minimum Gasteiger partial charge on any atom is -0.314 e. The Morgan fingerprint density at radius 2 is 1.68 bits per heavy atom. The van der Waals surface area contributed by atoms with Crippen LogP contribution >= 0.6 is 0 Å². The predicted molar refractivity (Wildman–Crippen MR) is 86.5 cm³/mol. The second kappa shape index (κ2) is 8.29. The van der Waals surface area contributed by atoms with Gasteiger partial charge in [0.05, 0.1) is 0 Å². The first kappa shape index (κ1) is 17.0. The van der Waals surface area contributed by atoms with Crippen LogP contribution in [-0.2, 0) is 0 Å². The summed E-state index contributed by atoms with van der Waals surface area (Å²) in [6.07, 6.45) is 11.4. The zero-order valence-corrected chi connectivity index (χ0v) is 14.1.